The van der Waals surface area contributed by atoms with E-state index in [2.05, 4.69) is 5.32 Å². The molecule has 0 bridgehead atoms. The number of hydrogen-bond donors (Lipinski definition) is 2. The number of benzene rings is 1. The summed E-state index contributed by atoms with van der Waals surface area (Å²) in [5, 5.41) is 2.88. The van der Waals surface area contributed by atoms with Crippen molar-refractivity contribution in [3.05, 3.63) is 24.0 Å². The zero-order valence-electron chi connectivity index (χ0n) is 13.4. The van der Waals surface area contributed by atoms with Crippen molar-refractivity contribution in [3.8, 4) is 0 Å². The number of thiocarbonyl (C=S) groups is 1. The van der Waals surface area contributed by atoms with Crippen LogP contribution in [0.25, 0.3) is 0 Å². The minimum Gasteiger partial charge on any atom is -0.442 e. The van der Waals surface area contributed by atoms with Crippen molar-refractivity contribution in [2.24, 2.45) is 5.73 Å². The first kappa shape index (κ1) is 17.9. The van der Waals surface area contributed by atoms with Crippen LogP contribution in [0.2, 0.25) is 0 Å². The van der Waals surface area contributed by atoms with Crippen molar-refractivity contribution in [1.82, 2.24) is 5.32 Å². The Balaban J connectivity index is 1.69. The number of rotatable bonds is 4. The second-order valence-corrected chi connectivity index (χ2v) is 7.97. The summed E-state index contributed by atoms with van der Waals surface area (Å²) in [7, 11) is -0.819. The smallest absolute Gasteiger partial charge is 0.414 e. The molecule has 1 atom stereocenters. The number of cyclic esters (lactones) is 1. The first-order chi connectivity index (χ1) is 11.9. The molecular weight excluding hydrogens is 367 g/mol. The van der Waals surface area contributed by atoms with Crippen LogP contribution >= 0.6 is 12.2 Å². The van der Waals surface area contributed by atoms with Gasteiger partial charge in [-0.25, -0.2) is 9.18 Å². The summed E-state index contributed by atoms with van der Waals surface area (Å²) in [5.41, 5.74) is 6.25. The minimum atomic E-state index is -0.819. The van der Waals surface area contributed by atoms with E-state index >= 15 is 0 Å². The van der Waals surface area contributed by atoms with Crippen molar-refractivity contribution in [1.29, 1.82) is 0 Å². The van der Waals surface area contributed by atoms with E-state index in [0.717, 1.165) is 0 Å². The predicted molar refractivity (Wildman–Crippen MR) is 98.9 cm³/mol. The lowest BCUT2D eigenvalue weighted by Crippen LogP contribution is -2.38. The lowest BCUT2D eigenvalue weighted by Gasteiger charge is -2.29. The van der Waals surface area contributed by atoms with E-state index in [4.69, 9.17) is 22.7 Å². The molecule has 136 valence electrons. The van der Waals surface area contributed by atoms with E-state index in [0.29, 0.717) is 42.5 Å². The highest BCUT2D eigenvalue weighted by atomic mass is 32.2. The highest BCUT2D eigenvalue weighted by Crippen LogP contribution is 2.28. The van der Waals surface area contributed by atoms with Gasteiger partial charge in [0.05, 0.1) is 24.5 Å². The van der Waals surface area contributed by atoms with Gasteiger partial charge in [-0.1, -0.05) is 0 Å². The molecule has 25 heavy (non-hydrogen) atoms. The van der Waals surface area contributed by atoms with E-state index in [-0.39, 0.29) is 11.7 Å². The van der Waals surface area contributed by atoms with Crippen LogP contribution in [-0.4, -0.2) is 59.2 Å². The number of hydrogen-bond acceptors (Lipinski definition) is 5. The first-order valence-corrected chi connectivity index (χ1v) is 9.74. The topological polar surface area (TPSA) is 87.9 Å². The molecule has 1 aromatic carbocycles. The monoisotopic (exact) mass is 386 g/mol. The maximum Gasteiger partial charge on any atom is 0.414 e. The van der Waals surface area contributed by atoms with Gasteiger partial charge in [0.2, 0.25) is 0 Å². The molecule has 2 aliphatic rings. The molecule has 1 amide bonds. The Labute approximate surface area is 152 Å². The number of anilines is 2. The zero-order chi connectivity index (χ0) is 18.0. The maximum atomic E-state index is 14.5. The van der Waals surface area contributed by atoms with Crippen LogP contribution in [0, 0.1) is 5.82 Å². The predicted octanol–water partition coefficient (Wildman–Crippen LogP) is 0.553. The van der Waals surface area contributed by atoms with E-state index in [1.54, 1.807) is 12.1 Å². The Morgan fingerprint density at radius 1 is 1.44 bits per heavy atom. The van der Waals surface area contributed by atoms with Gasteiger partial charge in [-0.15, -0.1) is 0 Å². The third kappa shape index (κ3) is 4.18. The molecule has 0 radical (unpaired) electrons. The molecule has 2 heterocycles. The summed E-state index contributed by atoms with van der Waals surface area (Å²) in [4.78, 5) is 15.3. The number of nitrogens with two attached hydrogens (primary N) is 1. The van der Waals surface area contributed by atoms with Crippen molar-refractivity contribution < 1.29 is 18.1 Å². The van der Waals surface area contributed by atoms with Crippen LogP contribution in [0.5, 0.6) is 0 Å². The van der Waals surface area contributed by atoms with Crippen molar-refractivity contribution in [2.45, 2.75) is 6.10 Å². The highest BCUT2D eigenvalue weighted by molar-refractivity contribution is 7.85. The largest absolute Gasteiger partial charge is 0.442 e. The fourth-order valence-electron chi connectivity index (χ4n) is 2.85. The van der Waals surface area contributed by atoms with E-state index in [1.807, 2.05) is 4.90 Å². The van der Waals surface area contributed by atoms with Crippen LogP contribution in [0.4, 0.5) is 20.6 Å². The average Bonchev–Trinajstić information content (AvgIpc) is 2.95. The molecule has 0 aliphatic carbocycles. The Kier molecular flexibility index (Phi) is 5.38. The molecule has 2 saturated heterocycles. The summed E-state index contributed by atoms with van der Waals surface area (Å²) >= 11 is 4.72. The van der Waals surface area contributed by atoms with E-state index < -0.39 is 28.8 Å². The van der Waals surface area contributed by atoms with Crippen LogP contribution in [-0.2, 0) is 15.5 Å². The number of carbonyl (C=O) groups excluding carboxylic acids is 1. The zero-order valence-corrected chi connectivity index (χ0v) is 15.1. The Morgan fingerprint density at radius 3 is 2.80 bits per heavy atom. The van der Waals surface area contributed by atoms with Gasteiger partial charge >= 0.3 is 6.09 Å². The number of halogens is 1. The van der Waals surface area contributed by atoms with Gasteiger partial charge in [0.15, 0.2) is 5.11 Å². The van der Waals surface area contributed by atoms with Crippen molar-refractivity contribution in [3.63, 3.8) is 0 Å². The maximum absolute atomic E-state index is 14.5. The van der Waals surface area contributed by atoms with Crippen LogP contribution in [0.1, 0.15) is 0 Å². The number of carbonyl (C=O) groups is 1. The van der Waals surface area contributed by atoms with Gasteiger partial charge in [-0.05, 0) is 30.4 Å². The van der Waals surface area contributed by atoms with Crippen LogP contribution in [0.3, 0.4) is 0 Å². The molecule has 3 N–H and O–H groups in total. The van der Waals surface area contributed by atoms with Gasteiger partial charge < -0.3 is 20.7 Å². The molecule has 0 saturated carbocycles. The molecular formula is C15H19FN4O3S2. The third-order valence-corrected chi connectivity index (χ3v) is 5.56. The quantitative estimate of drug-likeness (QED) is 0.731. The second-order valence-electron chi connectivity index (χ2n) is 5.83. The van der Waals surface area contributed by atoms with Gasteiger partial charge in [-0.3, -0.25) is 9.11 Å². The molecule has 10 heteroatoms. The Hall–Kier alpha value is -1.94. The first-order valence-electron chi connectivity index (χ1n) is 7.85. The van der Waals surface area contributed by atoms with Gasteiger partial charge in [-0.2, -0.15) is 0 Å². The van der Waals surface area contributed by atoms with Crippen molar-refractivity contribution >= 4 is 45.6 Å². The van der Waals surface area contributed by atoms with E-state index in [9.17, 15) is 13.4 Å². The second kappa shape index (κ2) is 7.52. The molecule has 1 aromatic rings. The summed E-state index contributed by atoms with van der Waals surface area (Å²) in [6.45, 7) is 1.71. The SMILES string of the molecule is NC(=S)NC[C@H]1CN(c2ccc(N3CCS(=O)CC3)c(F)c2)C(=O)O1. The number of nitrogens with one attached hydrogen (secondary N) is 1. The molecule has 7 nitrogen and oxygen atoms in total. The van der Waals surface area contributed by atoms with Crippen LogP contribution in [0.15, 0.2) is 18.2 Å². The number of nitrogens with zero attached hydrogens (tertiary/aromatic N) is 2. The standard InChI is InChI=1S/C15H19FN4O3S2/c16-12-7-10(1-2-13(12)19-3-5-25(22)6-4-19)20-9-11(23-15(20)21)8-18-14(17)24/h1-2,7,11H,3-6,8-9H2,(H3,17,18,24)/t11-/m0/s1. The average molecular weight is 386 g/mol. The molecule has 0 unspecified atom stereocenters. The summed E-state index contributed by atoms with van der Waals surface area (Å²) < 4.78 is 31.2. The van der Waals surface area contributed by atoms with Crippen molar-refractivity contribution in [2.75, 3.05) is 47.5 Å². The summed E-state index contributed by atoms with van der Waals surface area (Å²) in [6, 6.07) is 4.66. The highest BCUT2D eigenvalue weighted by Gasteiger charge is 2.33. The molecule has 3 rings (SSSR count). The third-order valence-electron chi connectivity index (χ3n) is 4.14. The Bertz CT molecular complexity index is 708. The fourth-order valence-corrected chi connectivity index (χ4v) is 3.99. The molecule has 0 spiro atoms. The lowest BCUT2D eigenvalue weighted by atomic mass is 10.2. The Morgan fingerprint density at radius 2 is 2.16 bits per heavy atom. The van der Waals surface area contributed by atoms with Gasteiger partial charge in [0.1, 0.15) is 11.9 Å². The fraction of sp³-hybridized carbons (Fsp3) is 0.467. The number of ether oxygens (including phenoxy) is 1. The van der Waals surface area contributed by atoms with Gasteiger partial charge in [0.25, 0.3) is 0 Å². The summed E-state index contributed by atoms with van der Waals surface area (Å²) in [6.07, 6.45) is -0.941. The minimum absolute atomic E-state index is 0.132. The van der Waals surface area contributed by atoms with Crippen LogP contribution < -0.4 is 20.9 Å². The number of amides is 1. The van der Waals surface area contributed by atoms with E-state index in [1.165, 1.54) is 11.0 Å². The van der Waals surface area contributed by atoms with Gasteiger partial charge in [0, 0.05) is 35.4 Å². The normalized spacial score (nSPS) is 21.3. The molecule has 2 fully saturated rings. The molecule has 2 aliphatic heterocycles. The summed E-state index contributed by atoms with van der Waals surface area (Å²) in [5.74, 6) is 0.664. The lowest BCUT2D eigenvalue weighted by molar-refractivity contribution is 0.143. The molecule has 0 aromatic heterocycles.